The Kier molecular flexibility index (Phi) is 5.58. The summed E-state index contributed by atoms with van der Waals surface area (Å²) in [5.74, 6) is 1.07. The quantitative estimate of drug-likeness (QED) is 0.484. The molecular formula is C24H26N6O. The van der Waals surface area contributed by atoms with Gasteiger partial charge in [-0.1, -0.05) is 48.7 Å². The first kappa shape index (κ1) is 19.6. The Morgan fingerprint density at radius 2 is 1.77 bits per heavy atom. The fourth-order valence-electron chi connectivity index (χ4n) is 4.34. The molecule has 0 aliphatic heterocycles. The molecular weight excluding hydrogens is 388 g/mol. The number of hydrogen-bond acceptors (Lipinski definition) is 6. The van der Waals surface area contributed by atoms with Crippen LogP contribution in [0.4, 0.5) is 0 Å². The van der Waals surface area contributed by atoms with Crippen LogP contribution in [0.2, 0.25) is 0 Å². The van der Waals surface area contributed by atoms with Crippen LogP contribution in [-0.4, -0.2) is 32.0 Å². The van der Waals surface area contributed by atoms with E-state index in [1.807, 2.05) is 49.9 Å². The number of aromatic nitrogens is 5. The van der Waals surface area contributed by atoms with Gasteiger partial charge in [0.15, 0.2) is 0 Å². The molecule has 1 fully saturated rings. The Morgan fingerprint density at radius 3 is 2.52 bits per heavy atom. The zero-order valence-electron chi connectivity index (χ0n) is 17.7. The van der Waals surface area contributed by atoms with E-state index >= 15 is 0 Å². The maximum atomic E-state index is 5.70. The molecule has 158 valence electrons. The second kappa shape index (κ2) is 8.81. The van der Waals surface area contributed by atoms with E-state index in [2.05, 4.69) is 32.3 Å². The molecule has 3 heterocycles. The summed E-state index contributed by atoms with van der Waals surface area (Å²) in [6, 6.07) is 12.6. The lowest BCUT2D eigenvalue weighted by Crippen LogP contribution is -2.15. The maximum absolute atomic E-state index is 5.70. The van der Waals surface area contributed by atoms with Gasteiger partial charge in [-0.05, 0) is 37.6 Å². The van der Waals surface area contributed by atoms with Gasteiger partial charge in [-0.15, -0.1) is 0 Å². The third kappa shape index (κ3) is 4.01. The molecule has 1 N–H and O–H groups in total. The minimum Gasteiger partial charge on any atom is -0.333 e. The summed E-state index contributed by atoms with van der Waals surface area (Å²) in [6.45, 7) is 0.827. The topological polar surface area (TPSA) is 81.7 Å². The smallest absolute Gasteiger partial charge is 0.262 e. The molecule has 31 heavy (non-hydrogen) atoms. The summed E-state index contributed by atoms with van der Waals surface area (Å²) in [6.07, 6.45) is 11.5. The summed E-state index contributed by atoms with van der Waals surface area (Å²) >= 11 is 0. The van der Waals surface area contributed by atoms with Crippen molar-refractivity contribution in [3.8, 4) is 34.1 Å². The van der Waals surface area contributed by atoms with Crippen LogP contribution < -0.4 is 5.32 Å². The minimum absolute atomic E-state index is 0.396. The molecule has 0 saturated heterocycles. The summed E-state index contributed by atoms with van der Waals surface area (Å²) in [5, 5.41) is 12.2. The van der Waals surface area contributed by atoms with Gasteiger partial charge in [0, 0.05) is 30.1 Å². The number of pyridine rings is 1. The van der Waals surface area contributed by atoms with Crippen molar-refractivity contribution in [1.82, 2.24) is 30.2 Å². The SMILES string of the molecule is CNCc1ccc(-c2noc(-c3cnn(C4CCCCC4)c3-c3ccncc3)n2)cc1. The molecule has 7 heteroatoms. The molecule has 1 saturated carbocycles. The van der Waals surface area contributed by atoms with Crippen molar-refractivity contribution < 1.29 is 4.52 Å². The van der Waals surface area contributed by atoms with E-state index in [1.165, 1.54) is 24.8 Å². The molecule has 0 amide bonds. The van der Waals surface area contributed by atoms with Gasteiger partial charge in [-0.2, -0.15) is 10.1 Å². The number of rotatable bonds is 6. The highest BCUT2D eigenvalue weighted by Gasteiger charge is 2.25. The van der Waals surface area contributed by atoms with Crippen molar-refractivity contribution in [1.29, 1.82) is 0 Å². The zero-order chi connectivity index (χ0) is 21.0. The van der Waals surface area contributed by atoms with Crippen LogP contribution in [0.25, 0.3) is 34.1 Å². The number of nitrogens with one attached hydrogen (secondary N) is 1. The lowest BCUT2D eigenvalue weighted by Gasteiger charge is -2.24. The van der Waals surface area contributed by atoms with Crippen molar-refractivity contribution in [3.63, 3.8) is 0 Å². The van der Waals surface area contributed by atoms with Crippen molar-refractivity contribution in [3.05, 3.63) is 60.6 Å². The van der Waals surface area contributed by atoms with Crippen LogP contribution in [0, 0.1) is 0 Å². The van der Waals surface area contributed by atoms with E-state index < -0.39 is 0 Å². The molecule has 5 rings (SSSR count). The molecule has 0 unspecified atom stereocenters. The van der Waals surface area contributed by atoms with E-state index in [1.54, 1.807) is 0 Å². The molecule has 1 aliphatic rings. The lowest BCUT2D eigenvalue weighted by atomic mass is 9.95. The average Bonchev–Trinajstić information content (AvgIpc) is 3.48. The van der Waals surface area contributed by atoms with E-state index in [4.69, 9.17) is 14.6 Å². The predicted molar refractivity (Wildman–Crippen MR) is 119 cm³/mol. The Labute approximate surface area is 181 Å². The Hall–Kier alpha value is -3.32. The van der Waals surface area contributed by atoms with Crippen LogP contribution in [0.5, 0.6) is 0 Å². The highest BCUT2D eigenvalue weighted by atomic mass is 16.5. The van der Waals surface area contributed by atoms with Crippen LogP contribution in [0.15, 0.2) is 59.5 Å². The first-order valence-electron chi connectivity index (χ1n) is 10.9. The monoisotopic (exact) mass is 414 g/mol. The van der Waals surface area contributed by atoms with E-state index in [0.717, 1.165) is 41.8 Å². The van der Waals surface area contributed by atoms with Crippen LogP contribution in [0.3, 0.4) is 0 Å². The average molecular weight is 415 g/mol. The molecule has 4 aromatic rings. The van der Waals surface area contributed by atoms with Gasteiger partial charge in [0.05, 0.1) is 23.5 Å². The second-order valence-corrected chi connectivity index (χ2v) is 8.03. The standard InChI is InChI=1S/C24H26N6O/c1-25-15-17-7-9-19(10-8-17)23-28-24(31-29-23)21-16-27-30(20-5-3-2-4-6-20)22(21)18-11-13-26-14-12-18/h7-14,16,20,25H,2-6,15H2,1H3. The zero-order valence-corrected chi connectivity index (χ0v) is 17.7. The second-order valence-electron chi connectivity index (χ2n) is 8.03. The van der Waals surface area contributed by atoms with Gasteiger partial charge in [-0.25, -0.2) is 0 Å². The summed E-state index contributed by atoms with van der Waals surface area (Å²) in [5.41, 5.74) is 5.09. The Bertz CT molecular complexity index is 1130. The molecule has 1 aliphatic carbocycles. The van der Waals surface area contributed by atoms with Crippen LogP contribution in [-0.2, 0) is 6.54 Å². The summed E-state index contributed by atoms with van der Waals surface area (Å²) in [7, 11) is 1.94. The minimum atomic E-state index is 0.396. The summed E-state index contributed by atoms with van der Waals surface area (Å²) < 4.78 is 7.86. The number of nitrogens with zero attached hydrogens (tertiary/aromatic N) is 5. The van der Waals surface area contributed by atoms with Gasteiger partial charge < -0.3 is 9.84 Å². The predicted octanol–water partition coefficient (Wildman–Crippen LogP) is 4.89. The van der Waals surface area contributed by atoms with E-state index in [0.29, 0.717) is 17.8 Å². The van der Waals surface area contributed by atoms with Gasteiger partial charge >= 0.3 is 0 Å². The maximum Gasteiger partial charge on any atom is 0.262 e. The first-order chi connectivity index (χ1) is 15.3. The molecule has 7 nitrogen and oxygen atoms in total. The van der Waals surface area contributed by atoms with Crippen LogP contribution in [0.1, 0.15) is 43.7 Å². The molecule has 3 aromatic heterocycles. The van der Waals surface area contributed by atoms with Gasteiger partial charge in [-0.3, -0.25) is 9.67 Å². The molecule has 0 spiro atoms. The highest BCUT2D eigenvalue weighted by Crippen LogP contribution is 2.37. The lowest BCUT2D eigenvalue weighted by molar-refractivity contribution is 0.332. The fraction of sp³-hybridized carbons (Fsp3) is 0.333. The summed E-state index contributed by atoms with van der Waals surface area (Å²) in [4.78, 5) is 8.89. The number of benzene rings is 1. The Morgan fingerprint density at radius 1 is 1.00 bits per heavy atom. The number of hydrogen-bond donors (Lipinski definition) is 1. The molecule has 1 aromatic carbocycles. The van der Waals surface area contributed by atoms with Gasteiger partial charge in [0.25, 0.3) is 5.89 Å². The third-order valence-electron chi connectivity index (χ3n) is 5.92. The van der Waals surface area contributed by atoms with E-state index in [-0.39, 0.29) is 0 Å². The van der Waals surface area contributed by atoms with Crippen molar-refractivity contribution in [2.75, 3.05) is 7.05 Å². The van der Waals surface area contributed by atoms with Crippen molar-refractivity contribution in [2.45, 2.75) is 44.7 Å². The first-order valence-corrected chi connectivity index (χ1v) is 10.9. The molecule has 0 radical (unpaired) electrons. The molecule has 0 atom stereocenters. The van der Waals surface area contributed by atoms with Crippen LogP contribution >= 0.6 is 0 Å². The van der Waals surface area contributed by atoms with E-state index in [9.17, 15) is 0 Å². The third-order valence-corrected chi connectivity index (χ3v) is 5.92. The largest absolute Gasteiger partial charge is 0.333 e. The highest BCUT2D eigenvalue weighted by molar-refractivity contribution is 5.77. The fourth-order valence-corrected chi connectivity index (χ4v) is 4.34. The Balaban J connectivity index is 1.52. The van der Waals surface area contributed by atoms with Crippen molar-refractivity contribution >= 4 is 0 Å². The van der Waals surface area contributed by atoms with Crippen molar-refractivity contribution in [2.24, 2.45) is 0 Å². The molecule has 0 bridgehead atoms. The van der Waals surface area contributed by atoms with Gasteiger partial charge in [0.1, 0.15) is 0 Å². The van der Waals surface area contributed by atoms with Gasteiger partial charge in [0.2, 0.25) is 5.82 Å². The normalized spacial score (nSPS) is 14.7.